The van der Waals surface area contributed by atoms with Crippen LogP contribution in [0.4, 0.5) is 0 Å². The second-order valence-corrected chi connectivity index (χ2v) is 3.88. The first-order chi connectivity index (χ1) is 6.15. The van der Waals surface area contributed by atoms with E-state index in [0.717, 1.165) is 0 Å². The fourth-order valence-corrected chi connectivity index (χ4v) is 2.45. The van der Waals surface area contributed by atoms with Crippen LogP contribution in [0.5, 0.6) is 0 Å². The molecular formula is C8H15NO4. The van der Waals surface area contributed by atoms with Crippen LogP contribution in [0.25, 0.3) is 0 Å². The number of rotatable bonds is 1. The molecule has 0 amide bonds. The van der Waals surface area contributed by atoms with Gasteiger partial charge in [-0.2, -0.15) is 0 Å². The van der Waals surface area contributed by atoms with Crippen molar-refractivity contribution in [3.05, 3.63) is 0 Å². The molecule has 13 heavy (non-hydrogen) atoms. The van der Waals surface area contributed by atoms with Crippen molar-refractivity contribution < 1.29 is 20.4 Å². The summed E-state index contributed by atoms with van der Waals surface area (Å²) in [6.45, 7) is 0.255. The Labute approximate surface area is 76.2 Å². The van der Waals surface area contributed by atoms with E-state index >= 15 is 0 Å². The van der Waals surface area contributed by atoms with Gasteiger partial charge in [0.05, 0.1) is 31.0 Å². The smallest absolute Gasteiger partial charge is 0.0991 e. The lowest BCUT2D eigenvalue weighted by Crippen LogP contribution is -2.40. The van der Waals surface area contributed by atoms with Crippen LogP contribution in [-0.4, -0.2) is 68.9 Å². The van der Waals surface area contributed by atoms with Crippen molar-refractivity contribution >= 4 is 0 Å². The number of fused-ring (bicyclic) bond motifs is 1. The number of hydrogen-bond acceptors (Lipinski definition) is 5. The van der Waals surface area contributed by atoms with Crippen LogP contribution >= 0.6 is 0 Å². The third-order valence-corrected chi connectivity index (χ3v) is 3.11. The van der Waals surface area contributed by atoms with E-state index in [1.807, 2.05) is 0 Å². The maximum Gasteiger partial charge on any atom is 0.0991 e. The number of aliphatic hydroxyl groups excluding tert-OH is 4. The first kappa shape index (κ1) is 9.36. The third kappa shape index (κ3) is 1.28. The van der Waals surface area contributed by atoms with Crippen molar-refractivity contribution in [3.63, 3.8) is 0 Å². The summed E-state index contributed by atoms with van der Waals surface area (Å²) in [5, 5.41) is 37.4. The first-order valence-corrected chi connectivity index (χ1v) is 4.56. The van der Waals surface area contributed by atoms with Crippen LogP contribution in [0.1, 0.15) is 6.42 Å². The van der Waals surface area contributed by atoms with E-state index in [-0.39, 0.29) is 12.6 Å². The molecule has 2 aliphatic heterocycles. The van der Waals surface area contributed by atoms with Gasteiger partial charge in [-0.25, -0.2) is 0 Å². The third-order valence-electron chi connectivity index (χ3n) is 3.11. The van der Waals surface area contributed by atoms with E-state index in [1.54, 1.807) is 4.90 Å². The minimum Gasteiger partial charge on any atom is -0.395 e. The fourth-order valence-electron chi connectivity index (χ4n) is 2.45. The van der Waals surface area contributed by atoms with E-state index in [1.165, 1.54) is 0 Å². The van der Waals surface area contributed by atoms with E-state index in [4.69, 9.17) is 5.11 Å². The average Bonchev–Trinajstić information content (AvgIpc) is 2.54. The second-order valence-electron chi connectivity index (χ2n) is 3.88. The van der Waals surface area contributed by atoms with Crippen molar-refractivity contribution in [1.82, 2.24) is 4.90 Å². The standard InChI is InChI=1S/C8H15NO4/c10-3-6-8(13)7(12)5-1-4(11)2-9(5)6/h4-8,10-13H,1-3H2/t4-,5-,6-,7-,8+/m0/s1. The monoisotopic (exact) mass is 189 g/mol. The zero-order valence-electron chi connectivity index (χ0n) is 7.24. The normalized spacial score (nSPS) is 51.2. The SMILES string of the molecule is OC[C@H]1[C@@H](O)[C@@H](O)[C@@H]2C[C@H](O)CN21. The molecule has 5 heteroatoms. The Bertz CT molecular complexity index is 199. The molecule has 5 nitrogen and oxygen atoms in total. The minimum atomic E-state index is -0.887. The minimum absolute atomic E-state index is 0.179. The molecule has 0 aromatic carbocycles. The molecule has 0 unspecified atom stereocenters. The lowest BCUT2D eigenvalue weighted by Gasteiger charge is -2.22. The van der Waals surface area contributed by atoms with Crippen molar-refractivity contribution in [1.29, 1.82) is 0 Å². The van der Waals surface area contributed by atoms with Gasteiger partial charge in [-0.3, -0.25) is 4.90 Å². The average molecular weight is 189 g/mol. The van der Waals surface area contributed by atoms with Gasteiger partial charge in [-0.05, 0) is 6.42 Å². The summed E-state index contributed by atoms with van der Waals surface area (Å²) in [6, 6.07) is -0.612. The lowest BCUT2D eigenvalue weighted by molar-refractivity contribution is 0.00859. The molecule has 2 heterocycles. The van der Waals surface area contributed by atoms with Gasteiger partial charge in [-0.15, -0.1) is 0 Å². The van der Waals surface area contributed by atoms with Gasteiger partial charge < -0.3 is 20.4 Å². The molecule has 0 saturated carbocycles. The maximum atomic E-state index is 9.57. The molecule has 76 valence electrons. The quantitative estimate of drug-likeness (QED) is 0.367. The van der Waals surface area contributed by atoms with Crippen LogP contribution in [0.2, 0.25) is 0 Å². The number of nitrogens with zero attached hydrogens (tertiary/aromatic N) is 1. The van der Waals surface area contributed by atoms with Gasteiger partial charge >= 0.3 is 0 Å². The van der Waals surface area contributed by atoms with Crippen LogP contribution in [0.3, 0.4) is 0 Å². The largest absolute Gasteiger partial charge is 0.395 e. The Hall–Kier alpha value is -0.200. The van der Waals surface area contributed by atoms with Crippen molar-refractivity contribution in [3.8, 4) is 0 Å². The first-order valence-electron chi connectivity index (χ1n) is 4.56. The van der Waals surface area contributed by atoms with Crippen molar-refractivity contribution in [2.75, 3.05) is 13.2 Å². The molecule has 2 saturated heterocycles. The van der Waals surface area contributed by atoms with E-state index < -0.39 is 24.4 Å². The molecule has 4 N–H and O–H groups in total. The molecule has 5 atom stereocenters. The van der Waals surface area contributed by atoms with Crippen LogP contribution in [0.15, 0.2) is 0 Å². The summed E-state index contributed by atoms with van der Waals surface area (Å²) < 4.78 is 0. The summed E-state index contributed by atoms with van der Waals surface area (Å²) in [7, 11) is 0. The van der Waals surface area contributed by atoms with Crippen LogP contribution < -0.4 is 0 Å². The lowest BCUT2D eigenvalue weighted by atomic mass is 10.0. The zero-order chi connectivity index (χ0) is 9.59. The maximum absolute atomic E-state index is 9.57. The molecule has 0 radical (unpaired) electrons. The van der Waals surface area contributed by atoms with Crippen LogP contribution in [0, 0.1) is 0 Å². The molecule has 2 fully saturated rings. The molecular weight excluding hydrogens is 174 g/mol. The topological polar surface area (TPSA) is 84.2 Å². The highest BCUT2D eigenvalue weighted by atomic mass is 16.3. The molecule has 0 aliphatic carbocycles. The van der Waals surface area contributed by atoms with E-state index in [2.05, 4.69) is 0 Å². The summed E-state index contributed by atoms with van der Waals surface area (Å²) in [5.74, 6) is 0. The highest BCUT2D eigenvalue weighted by molar-refractivity contribution is 5.05. The van der Waals surface area contributed by atoms with E-state index in [9.17, 15) is 15.3 Å². The van der Waals surface area contributed by atoms with Crippen molar-refractivity contribution in [2.45, 2.75) is 36.8 Å². The highest BCUT2D eigenvalue weighted by Crippen LogP contribution is 2.32. The Morgan fingerprint density at radius 2 is 1.85 bits per heavy atom. The Kier molecular flexibility index (Phi) is 2.29. The molecule has 0 spiro atoms. The van der Waals surface area contributed by atoms with Gasteiger partial charge in [0.25, 0.3) is 0 Å². The second kappa shape index (κ2) is 3.18. The van der Waals surface area contributed by atoms with Crippen molar-refractivity contribution in [2.24, 2.45) is 0 Å². The molecule has 0 aromatic rings. The Morgan fingerprint density at radius 3 is 2.46 bits per heavy atom. The zero-order valence-corrected chi connectivity index (χ0v) is 7.24. The molecule has 2 aliphatic rings. The fraction of sp³-hybridized carbons (Fsp3) is 1.00. The molecule has 0 aromatic heterocycles. The van der Waals surface area contributed by atoms with Gasteiger partial charge in [0.2, 0.25) is 0 Å². The molecule has 2 rings (SSSR count). The molecule has 0 bridgehead atoms. The summed E-state index contributed by atoms with van der Waals surface area (Å²) in [6.07, 6.45) is -1.69. The summed E-state index contributed by atoms with van der Waals surface area (Å²) in [4.78, 5) is 1.79. The number of aliphatic hydroxyl groups is 4. The summed E-state index contributed by atoms with van der Waals surface area (Å²) in [5.41, 5.74) is 0. The number of hydrogen-bond donors (Lipinski definition) is 4. The van der Waals surface area contributed by atoms with E-state index in [0.29, 0.717) is 13.0 Å². The summed E-state index contributed by atoms with van der Waals surface area (Å²) >= 11 is 0. The predicted octanol–water partition coefficient (Wildman–Crippen LogP) is -2.48. The predicted molar refractivity (Wildman–Crippen MR) is 44.0 cm³/mol. The Balaban J connectivity index is 2.15. The van der Waals surface area contributed by atoms with Gasteiger partial charge in [-0.1, -0.05) is 0 Å². The van der Waals surface area contributed by atoms with Gasteiger partial charge in [0.1, 0.15) is 0 Å². The van der Waals surface area contributed by atoms with Gasteiger partial charge in [0, 0.05) is 12.6 Å². The van der Waals surface area contributed by atoms with Gasteiger partial charge in [0.15, 0.2) is 0 Å². The van der Waals surface area contributed by atoms with Crippen LogP contribution in [-0.2, 0) is 0 Å². The Morgan fingerprint density at radius 1 is 1.15 bits per heavy atom. The highest BCUT2D eigenvalue weighted by Gasteiger charge is 2.51.